The van der Waals surface area contributed by atoms with E-state index in [-0.39, 0.29) is 267 Å². The topological polar surface area (TPSA) is 360 Å². The molecule has 4 atom stereocenters. The number of nitriles is 3. The zero-order valence-corrected chi connectivity index (χ0v) is 87.3. The van der Waals surface area contributed by atoms with Crippen molar-refractivity contribution in [2.24, 2.45) is 5.73 Å². The molecule has 2 saturated heterocycles. The summed E-state index contributed by atoms with van der Waals surface area (Å²) in [5.41, 5.74) is 14.3. The van der Waals surface area contributed by atoms with Crippen LogP contribution in [0.2, 0.25) is 15.7 Å². The van der Waals surface area contributed by atoms with E-state index in [1.165, 1.54) is 22.5 Å². The molecule has 0 aliphatic carbocycles. The van der Waals surface area contributed by atoms with Gasteiger partial charge in [-0.3, -0.25) is 23.9 Å². The van der Waals surface area contributed by atoms with Crippen LogP contribution in [0, 0.1) is 40.6 Å². The van der Waals surface area contributed by atoms with E-state index in [9.17, 15) is 0 Å². The second-order valence-corrected chi connectivity index (χ2v) is 31.6. The summed E-state index contributed by atoms with van der Waals surface area (Å²) in [6, 6.07) is 32.4. The van der Waals surface area contributed by atoms with Crippen LogP contribution in [0.25, 0.3) is 58.0 Å². The number of carbonyl (C=O) groups excluding carboxylic acids is 1. The summed E-state index contributed by atoms with van der Waals surface area (Å²) in [5.74, 6) is 0.595. The molecule has 0 saturated carbocycles. The van der Waals surface area contributed by atoms with E-state index in [1.54, 1.807) is 63.0 Å². The number of nitrogens with two attached hydrogens (primary N) is 1. The number of alkyl halides is 1. The third kappa shape index (κ3) is 31.3. The van der Waals surface area contributed by atoms with Gasteiger partial charge in [0.25, 0.3) is 6.47 Å². The second-order valence-electron chi connectivity index (χ2n) is 26.3. The molecule has 0 bridgehead atoms. The average molecular weight is 1980 g/mol. The summed E-state index contributed by atoms with van der Waals surface area (Å²) in [4.78, 5) is 40.6. The summed E-state index contributed by atoms with van der Waals surface area (Å²) >= 11 is 25.2. The molecule has 2 fully saturated rings. The van der Waals surface area contributed by atoms with Crippen LogP contribution in [-0.4, -0.2) is 124 Å². The fraction of sp³-hybridized carbons (Fsp3) is 0.356. The largest absolute Gasteiger partial charge is 1.00 e. The van der Waals surface area contributed by atoms with Gasteiger partial charge in [-0.05, 0) is 145 Å². The first-order chi connectivity index (χ1) is 52.0. The normalized spacial score (nSPS) is 14.4. The summed E-state index contributed by atoms with van der Waals surface area (Å²) in [7, 11) is -0.697. The maximum Gasteiger partial charge on any atom is 1.00 e. The van der Waals surface area contributed by atoms with Gasteiger partial charge >= 0.3 is 203 Å². The summed E-state index contributed by atoms with van der Waals surface area (Å²) < 4.78 is 31.9. The van der Waals surface area contributed by atoms with E-state index < -0.39 is 0 Å². The first-order valence-corrected chi connectivity index (χ1v) is 38.6. The number of nitrogens with one attached hydrogen (secondary N) is 2. The fourth-order valence-corrected chi connectivity index (χ4v) is 12.9. The van der Waals surface area contributed by atoms with E-state index >= 15 is 0 Å². The number of rotatable bonds is 16. The number of nitrogens with zero attached hydrogens (tertiary/aromatic N) is 17. The fourth-order valence-electron chi connectivity index (χ4n) is 9.62. The number of H-pyrrole nitrogens is 1. The molecule has 2 aromatic carbocycles. The van der Waals surface area contributed by atoms with Gasteiger partial charge in [0.1, 0.15) is 6.04 Å². The van der Waals surface area contributed by atoms with Crippen LogP contribution < -0.4 is 221 Å². The molecule has 40 heteroatoms. The first-order valence-electron chi connectivity index (χ1n) is 33.9. The van der Waals surface area contributed by atoms with Gasteiger partial charge in [-0.15, -0.1) is 34.0 Å². The van der Waals surface area contributed by atoms with Crippen molar-refractivity contribution < 1.29 is 229 Å². The maximum atomic E-state index is 8.91. The number of hydrogen-bond acceptors (Lipinski definition) is 25. The Morgan fingerprint density at radius 1 is 0.637 bits per heavy atom. The quantitative estimate of drug-likeness (QED) is 0.0183. The van der Waals surface area contributed by atoms with Crippen LogP contribution in [0.15, 0.2) is 145 Å². The Morgan fingerprint density at radius 3 is 1.49 bits per heavy atom. The second kappa shape index (κ2) is 51.2. The van der Waals surface area contributed by atoms with Gasteiger partial charge in [-0.2, -0.15) is 36.2 Å². The molecule has 113 heavy (non-hydrogen) atoms. The molecule has 27 nitrogen and oxygen atoms in total. The maximum absolute atomic E-state index is 8.91. The van der Waals surface area contributed by atoms with Crippen LogP contribution in [0.4, 0.5) is 5.95 Å². The van der Waals surface area contributed by atoms with Crippen molar-refractivity contribution in [3.05, 3.63) is 183 Å². The third-order valence-corrected chi connectivity index (χ3v) is 20.8. The van der Waals surface area contributed by atoms with Gasteiger partial charge in [0, 0.05) is 83.6 Å². The molecule has 12 aromatic rings. The standard InChI is InChI=1S/C20H18N6S.C13H20BN3O2.C13H10ClN5S.C9H15BN2O2.C7H9N.C6H2Cl2N2S.C4H6BrN.CH2O3.2Cs.FH.K.H/c1-14(7-9-21)26-13-16(12-23-26)18-19-17(8-10-27-19)24-20(25-18)22-11-15-5-3-2-4-6-15;1-10(7-15-6)17-9-11(8-16-17)14-18-12(2,3)13(4,5)19-14;1-8(2-4-15)19-7-9(6-16-19)11-12-10(3-5-20-12)17-13(14)18-11;1-8(2)9(3,4)14-10(13-8)7-5-11-12-6-7;8-6-7-4-2-1-3-5-7;7-5-4-3(1-2-11-4)9-6(8)10-5;1-4(5)2-3-6;2-1-4-3;;;;;/h2-6,8,10,12-14H,7,11H2,1H3,(H,22,24,25);8-10H,7H2,1-5H3;3,5-8H,2H2,1H3;5-6H,1-4H3,(H,11,12);1-5H,6,8H2;1-2H;4H,2H2,1H3;1,3H;;;1H;;/q;;;;;;;;2*+1;;+1;-1/p-2. The van der Waals surface area contributed by atoms with Crippen molar-refractivity contribution in [3.8, 4) is 40.7 Å². The van der Waals surface area contributed by atoms with Crippen LogP contribution in [-0.2, 0) is 41.4 Å². The van der Waals surface area contributed by atoms with Crippen LogP contribution in [0.1, 0.15) is 133 Å². The number of hydrogen-bond donors (Lipinski definition) is 3. The van der Waals surface area contributed by atoms with Crippen molar-refractivity contribution in [2.45, 2.75) is 161 Å². The monoisotopic (exact) mass is 1980 g/mol. The van der Waals surface area contributed by atoms with E-state index in [4.69, 9.17) is 96.5 Å². The van der Waals surface area contributed by atoms with Gasteiger partial charge in [-0.1, -0.05) is 95.1 Å². The number of benzene rings is 2. The van der Waals surface area contributed by atoms with Gasteiger partial charge in [0.15, 0.2) is 5.15 Å². The molecule has 14 rings (SSSR count). The number of fused-ring (bicyclic) bond motifs is 3. The predicted molar refractivity (Wildman–Crippen MR) is 433 cm³/mol. The Labute approximate surface area is 854 Å². The summed E-state index contributed by atoms with van der Waals surface area (Å²) in [6.45, 7) is 32.5. The average Bonchev–Trinajstić information content (AvgIpc) is 1.66. The molecule has 2 aliphatic heterocycles. The Bertz CT molecular complexity index is 5010. The molecular formula is C73H82B2BrCl3Cs2FKN20O7S3. The van der Waals surface area contributed by atoms with Crippen LogP contribution >= 0.6 is 84.7 Å². The molecule has 2 aliphatic rings. The first kappa shape index (κ1) is 104. The molecule has 4 N–H and O–H groups in total. The minimum atomic E-state index is -0.390. The smallest absolute Gasteiger partial charge is 1.00 e. The molecule has 578 valence electrons. The van der Waals surface area contributed by atoms with E-state index in [2.05, 4.69) is 106 Å². The van der Waals surface area contributed by atoms with Gasteiger partial charge < -0.3 is 50.8 Å². The summed E-state index contributed by atoms with van der Waals surface area (Å²) in [6.07, 6.45) is 16.0. The number of aromatic nitrogens is 14. The van der Waals surface area contributed by atoms with Crippen LogP contribution in [0.5, 0.6) is 0 Å². The Hall–Kier alpha value is -3.46. The van der Waals surface area contributed by atoms with E-state index in [0.717, 1.165) is 64.1 Å². The zero-order valence-electron chi connectivity index (χ0n) is 66.3. The molecule has 0 radical (unpaired) electrons. The van der Waals surface area contributed by atoms with Crippen molar-refractivity contribution in [3.63, 3.8) is 0 Å². The van der Waals surface area contributed by atoms with Crippen LogP contribution in [0.3, 0.4) is 0 Å². The SMILES string of the molecule is CC(Br)CC#N.CC(CC#N)n1cc(-c2nc(Cl)nc3ccsc23)cn1.CC(CC#N)n1cc(-c2nc(NCc3ccccc3)nc3ccsc23)cn1.CC1(C)OB(c2cn[nH]c2)OC1(C)C.Clc1nc(Cl)c2sccc2n1.NCc1ccccc1.O=CO[O-].[C-]#[N+]CC(C)n1cc(B2OC(C)(C)C(C)(C)O2)cn1.[Cs+].[Cs+].[F-].[H-].[K+]. The molecule has 4 unspecified atom stereocenters. The van der Waals surface area contributed by atoms with Crippen molar-refractivity contribution in [1.82, 2.24) is 69.4 Å². The van der Waals surface area contributed by atoms with Crippen molar-refractivity contribution in [1.29, 1.82) is 15.8 Å². The molecule has 10 aromatic heterocycles. The van der Waals surface area contributed by atoms with E-state index in [1.807, 2.05) is 195 Å². The van der Waals surface area contributed by atoms with Gasteiger partial charge in [0.05, 0.1) is 120 Å². The molecule has 0 spiro atoms. The Morgan fingerprint density at radius 2 is 1.06 bits per heavy atom. The Kier molecular flexibility index (Phi) is 47.0. The number of aromatic amines is 1. The number of anilines is 1. The zero-order chi connectivity index (χ0) is 79.5. The van der Waals surface area contributed by atoms with Gasteiger partial charge in [0.2, 0.25) is 23.1 Å². The molecule has 12 heterocycles. The van der Waals surface area contributed by atoms with Gasteiger partial charge in [-0.25, -0.2) is 36.5 Å². The van der Waals surface area contributed by atoms with Crippen molar-refractivity contribution >= 4 is 153 Å². The minimum Gasteiger partial charge on any atom is -1.00 e. The third-order valence-electron chi connectivity index (χ3n) is 17.0. The minimum absolute atomic E-state index is 0. The number of carbonyl (C=O) groups is 1. The number of thiophene rings is 3. The summed E-state index contributed by atoms with van der Waals surface area (Å²) in [5, 5.41) is 63.7. The number of halogens is 5. The van der Waals surface area contributed by atoms with Crippen molar-refractivity contribution in [2.75, 3.05) is 11.9 Å². The molecular weight excluding hydrogens is 1900 g/mol. The molecule has 0 amide bonds. The Balaban J connectivity index is 0.000000462. The van der Waals surface area contributed by atoms with E-state index in [0.29, 0.717) is 54.8 Å². The predicted octanol–water partition coefficient (Wildman–Crippen LogP) is 3.09.